The molecule has 0 N–H and O–H groups in total. The monoisotopic (exact) mass is 353 g/mol. The van der Waals surface area contributed by atoms with Crippen LogP contribution in [-0.2, 0) is 19.4 Å². The lowest BCUT2D eigenvalue weighted by molar-refractivity contribution is 0.245. The van der Waals surface area contributed by atoms with Crippen molar-refractivity contribution in [2.75, 3.05) is 13.6 Å². The van der Waals surface area contributed by atoms with Crippen molar-refractivity contribution in [1.82, 2.24) is 14.5 Å². The van der Waals surface area contributed by atoms with Gasteiger partial charge >= 0.3 is 0 Å². The van der Waals surface area contributed by atoms with Crippen LogP contribution in [0.2, 0.25) is 5.02 Å². The van der Waals surface area contributed by atoms with Gasteiger partial charge in [0.1, 0.15) is 0 Å². The Morgan fingerprint density at radius 3 is 2.84 bits per heavy atom. The van der Waals surface area contributed by atoms with E-state index in [1.54, 1.807) is 0 Å². The van der Waals surface area contributed by atoms with E-state index >= 15 is 0 Å². The first-order chi connectivity index (χ1) is 12.0. The van der Waals surface area contributed by atoms with Gasteiger partial charge in [0.2, 0.25) is 0 Å². The predicted octanol–water partition coefficient (Wildman–Crippen LogP) is 4.79. The van der Waals surface area contributed by atoms with Crippen LogP contribution in [-0.4, -0.2) is 28.0 Å². The van der Waals surface area contributed by atoms with E-state index in [0.29, 0.717) is 6.04 Å². The number of aromatic nitrogens is 2. The third kappa shape index (κ3) is 2.96. The second kappa shape index (κ2) is 6.47. The summed E-state index contributed by atoms with van der Waals surface area (Å²) in [7, 11) is 2.21. The van der Waals surface area contributed by atoms with Gasteiger partial charge in [-0.05, 0) is 62.7 Å². The molecule has 4 rings (SSSR count). The molecule has 1 atom stereocenters. The Morgan fingerprint density at radius 1 is 1.24 bits per heavy atom. The van der Waals surface area contributed by atoms with Gasteiger partial charge in [0, 0.05) is 59.1 Å². The number of aryl methyl sites for hydroxylation is 3. The maximum atomic E-state index is 6.31. The van der Waals surface area contributed by atoms with E-state index in [0.717, 1.165) is 36.6 Å². The first-order valence-electron chi connectivity index (χ1n) is 8.97. The molecule has 4 heteroatoms. The Hall–Kier alpha value is -1.84. The summed E-state index contributed by atoms with van der Waals surface area (Å²) in [5.74, 6) is 0. The first kappa shape index (κ1) is 16.6. The third-order valence-corrected chi connectivity index (χ3v) is 5.79. The largest absolute Gasteiger partial charge is 0.344 e. The van der Waals surface area contributed by atoms with Crippen LogP contribution in [0.25, 0.3) is 10.9 Å². The molecule has 25 heavy (non-hydrogen) atoms. The average molecular weight is 354 g/mol. The second-order valence-electron chi connectivity index (χ2n) is 7.14. The van der Waals surface area contributed by atoms with Gasteiger partial charge in [0.15, 0.2) is 0 Å². The number of rotatable bonds is 3. The molecule has 0 aliphatic carbocycles. The number of likely N-dealkylation sites (N-methyl/N-ethyl adjacent to an activating group) is 1. The molecule has 1 aliphatic heterocycles. The van der Waals surface area contributed by atoms with Crippen molar-refractivity contribution in [2.24, 2.45) is 0 Å². The van der Waals surface area contributed by atoms with Crippen LogP contribution in [0, 0.1) is 6.92 Å². The highest BCUT2D eigenvalue weighted by Crippen LogP contribution is 2.38. The summed E-state index contributed by atoms with van der Waals surface area (Å²) < 4.78 is 2.50. The number of halogens is 1. The van der Waals surface area contributed by atoms with Crippen LogP contribution in [0.4, 0.5) is 0 Å². The molecular formula is C21H24ClN3. The van der Waals surface area contributed by atoms with Crippen molar-refractivity contribution in [2.45, 2.75) is 39.3 Å². The lowest BCUT2D eigenvalue weighted by Gasteiger charge is -2.31. The topological polar surface area (TPSA) is 21.1 Å². The van der Waals surface area contributed by atoms with Crippen LogP contribution < -0.4 is 0 Å². The fraction of sp³-hybridized carbons (Fsp3) is 0.381. The van der Waals surface area contributed by atoms with E-state index in [1.807, 2.05) is 19.2 Å². The average Bonchev–Trinajstić information content (AvgIpc) is 2.91. The highest BCUT2D eigenvalue weighted by atomic mass is 35.5. The van der Waals surface area contributed by atoms with Crippen LogP contribution in [0.1, 0.15) is 35.5 Å². The number of fused-ring (bicyclic) bond motifs is 3. The predicted molar refractivity (Wildman–Crippen MR) is 104 cm³/mol. The Morgan fingerprint density at radius 2 is 2.08 bits per heavy atom. The van der Waals surface area contributed by atoms with Crippen molar-refractivity contribution in [3.8, 4) is 0 Å². The number of hydrogen-bond donors (Lipinski definition) is 0. The minimum atomic E-state index is 0.423. The summed E-state index contributed by atoms with van der Waals surface area (Å²) in [5, 5.41) is 2.12. The van der Waals surface area contributed by atoms with E-state index in [9.17, 15) is 0 Å². The summed E-state index contributed by atoms with van der Waals surface area (Å²) >= 11 is 6.31. The first-order valence-corrected chi connectivity index (χ1v) is 9.34. The second-order valence-corrected chi connectivity index (χ2v) is 7.57. The van der Waals surface area contributed by atoms with Crippen LogP contribution >= 0.6 is 11.6 Å². The summed E-state index contributed by atoms with van der Waals surface area (Å²) in [6.07, 6.45) is 4.09. The van der Waals surface area contributed by atoms with Gasteiger partial charge in [-0.25, -0.2) is 0 Å². The Kier molecular flexibility index (Phi) is 4.30. The molecule has 0 bridgehead atoms. The van der Waals surface area contributed by atoms with Crippen molar-refractivity contribution >= 4 is 22.5 Å². The van der Waals surface area contributed by atoms with Crippen LogP contribution in [0.15, 0.2) is 36.5 Å². The fourth-order valence-electron chi connectivity index (χ4n) is 3.98. The standard InChI is InChI=1S/C21H24ClN3/c1-14-4-5-16(13-23-14)8-11-25-19-7-6-17(22)12-18(19)21-15(2)24(3)10-9-20(21)25/h4-7,12-13,15H,8-11H2,1-3H3. The summed E-state index contributed by atoms with van der Waals surface area (Å²) in [6, 6.07) is 11.0. The van der Waals surface area contributed by atoms with Crippen LogP contribution in [0.3, 0.4) is 0 Å². The molecular weight excluding hydrogens is 330 g/mol. The summed E-state index contributed by atoms with van der Waals surface area (Å²) in [5.41, 5.74) is 6.59. The van der Waals surface area contributed by atoms with Gasteiger partial charge in [-0.2, -0.15) is 0 Å². The van der Waals surface area contributed by atoms with Crippen molar-refractivity contribution in [3.05, 3.63) is 64.1 Å². The fourth-order valence-corrected chi connectivity index (χ4v) is 4.15. The molecule has 3 heterocycles. The minimum Gasteiger partial charge on any atom is -0.344 e. The van der Waals surface area contributed by atoms with E-state index in [2.05, 4.69) is 52.7 Å². The number of hydrogen-bond acceptors (Lipinski definition) is 2. The molecule has 0 fully saturated rings. The lowest BCUT2D eigenvalue weighted by Crippen LogP contribution is -2.31. The lowest BCUT2D eigenvalue weighted by atomic mass is 9.97. The Labute approximate surface area is 154 Å². The van der Waals surface area contributed by atoms with E-state index < -0.39 is 0 Å². The Bertz CT molecular complexity index is 911. The smallest absolute Gasteiger partial charge is 0.0487 e. The van der Waals surface area contributed by atoms with E-state index in [4.69, 9.17) is 11.6 Å². The molecule has 130 valence electrons. The molecule has 1 unspecified atom stereocenters. The van der Waals surface area contributed by atoms with Gasteiger partial charge in [-0.15, -0.1) is 0 Å². The summed E-state index contributed by atoms with van der Waals surface area (Å²) in [6.45, 7) is 6.41. The normalized spacial score (nSPS) is 17.8. The number of nitrogens with zero attached hydrogens (tertiary/aromatic N) is 3. The zero-order valence-corrected chi connectivity index (χ0v) is 15.8. The molecule has 0 radical (unpaired) electrons. The molecule has 0 saturated carbocycles. The molecule has 0 spiro atoms. The Balaban J connectivity index is 1.76. The van der Waals surface area contributed by atoms with Gasteiger partial charge in [-0.3, -0.25) is 9.88 Å². The zero-order chi connectivity index (χ0) is 17.6. The number of pyridine rings is 1. The molecule has 0 saturated heterocycles. The molecule has 3 aromatic rings. The minimum absolute atomic E-state index is 0.423. The van der Waals surface area contributed by atoms with Crippen molar-refractivity contribution < 1.29 is 0 Å². The third-order valence-electron chi connectivity index (χ3n) is 5.55. The quantitative estimate of drug-likeness (QED) is 0.675. The number of benzene rings is 1. The molecule has 1 aromatic carbocycles. The van der Waals surface area contributed by atoms with Gasteiger partial charge in [0.05, 0.1) is 0 Å². The van der Waals surface area contributed by atoms with Gasteiger partial charge in [-0.1, -0.05) is 17.7 Å². The van der Waals surface area contributed by atoms with Gasteiger partial charge < -0.3 is 4.57 Å². The van der Waals surface area contributed by atoms with Crippen molar-refractivity contribution in [3.63, 3.8) is 0 Å². The van der Waals surface area contributed by atoms with E-state index in [-0.39, 0.29) is 0 Å². The molecule has 0 amide bonds. The maximum Gasteiger partial charge on any atom is 0.0487 e. The molecule has 3 nitrogen and oxygen atoms in total. The SMILES string of the molecule is Cc1ccc(CCn2c3c(c4cc(Cl)ccc42)C(C)N(C)CC3)cn1. The van der Waals surface area contributed by atoms with Crippen molar-refractivity contribution in [1.29, 1.82) is 0 Å². The molecule has 1 aliphatic rings. The highest BCUT2D eigenvalue weighted by Gasteiger charge is 2.27. The highest BCUT2D eigenvalue weighted by molar-refractivity contribution is 6.31. The maximum absolute atomic E-state index is 6.31. The van der Waals surface area contributed by atoms with Crippen LogP contribution in [0.5, 0.6) is 0 Å². The zero-order valence-electron chi connectivity index (χ0n) is 15.1. The van der Waals surface area contributed by atoms with Gasteiger partial charge in [0.25, 0.3) is 0 Å². The summed E-state index contributed by atoms with van der Waals surface area (Å²) in [4.78, 5) is 6.86. The molecule has 2 aromatic heterocycles. The van der Waals surface area contributed by atoms with E-state index in [1.165, 1.54) is 27.7 Å².